The minimum atomic E-state index is -0.791. The Balaban J connectivity index is 4.44. The van der Waals surface area contributed by atoms with Crippen LogP contribution in [0.25, 0.3) is 0 Å². The highest BCUT2D eigenvalue weighted by Gasteiger charge is 2.19. The van der Waals surface area contributed by atoms with Gasteiger partial charge >= 0.3 is 17.9 Å². The number of allylic oxidation sites excluding steroid dienone is 12. The van der Waals surface area contributed by atoms with E-state index in [9.17, 15) is 14.4 Å². The van der Waals surface area contributed by atoms with Gasteiger partial charge in [-0.3, -0.25) is 14.4 Å². The van der Waals surface area contributed by atoms with Crippen LogP contribution in [0.2, 0.25) is 0 Å². The number of rotatable bonds is 51. The van der Waals surface area contributed by atoms with Crippen molar-refractivity contribution in [2.75, 3.05) is 13.2 Å². The summed E-state index contributed by atoms with van der Waals surface area (Å²) in [5, 5.41) is 0. The highest BCUT2D eigenvalue weighted by Crippen LogP contribution is 2.15. The maximum Gasteiger partial charge on any atom is 0.306 e. The summed E-state index contributed by atoms with van der Waals surface area (Å²) >= 11 is 0. The number of ether oxygens (including phenoxy) is 3. The van der Waals surface area contributed by atoms with E-state index in [-0.39, 0.29) is 31.1 Å². The van der Waals surface area contributed by atoms with Crippen LogP contribution in [0, 0.1) is 0 Å². The quantitative estimate of drug-likeness (QED) is 0.0262. The molecule has 0 aliphatic carbocycles. The van der Waals surface area contributed by atoms with Gasteiger partial charge in [-0.25, -0.2) is 0 Å². The standard InChI is InChI=1S/C61H106O6/c1-4-7-10-13-16-19-22-25-27-29-30-32-33-36-39-42-45-48-51-54-60(63)66-57-58(56-65-59(62)53-50-47-44-41-38-35-24-21-18-15-12-9-6-3)67-61(64)55-52-49-46-43-40-37-34-31-28-26-23-20-17-14-11-8-5-2/h16-17,19-20,25-28,30,32,36,39,58H,4-15,18,21-24,29,31,33-35,37-38,40-57H2,1-3H3/b19-16-,20-17-,27-25-,28-26-,32-30-,39-36-/t58-/m0/s1. The third kappa shape index (κ3) is 53.7. The van der Waals surface area contributed by atoms with Gasteiger partial charge in [0, 0.05) is 19.3 Å². The fraction of sp³-hybridized carbons (Fsp3) is 0.754. The van der Waals surface area contributed by atoms with Crippen molar-refractivity contribution >= 4 is 17.9 Å². The topological polar surface area (TPSA) is 78.9 Å². The molecule has 0 heterocycles. The third-order valence-corrected chi connectivity index (χ3v) is 12.2. The smallest absolute Gasteiger partial charge is 0.306 e. The lowest BCUT2D eigenvalue weighted by Gasteiger charge is -2.18. The van der Waals surface area contributed by atoms with Gasteiger partial charge in [0.15, 0.2) is 6.10 Å². The fourth-order valence-electron chi connectivity index (χ4n) is 7.87. The molecule has 67 heavy (non-hydrogen) atoms. The second-order valence-electron chi connectivity index (χ2n) is 18.8. The van der Waals surface area contributed by atoms with E-state index in [2.05, 4.69) is 93.7 Å². The van der Waals surface area contributed by atoms with E-state index < -0.39 is 6.10 Å². The first kappa shape index (κ1) is 63.8. The highest BCUT2D eigenvalue weighted by atomic mass is 16.6. The molecule has 0 N–H and O–H groups in total. The van der Waals surface area contributed by atoms with Crippen LogP contribution in [0.3, 0.4) is 0 Å². The van der Waals surface area contributed by atoms with Gasteiger partial charge in [-0.05, 0) is 96.3 Å². The number of esters is 3. The molecule has 0 saturated carbocycles. The van der Waals surface area contributed by atoms with Crippen molar-refractivity contribution in [2.45, 2.75) is 284 Å². The second kappa shape index (κ2) is 55.4. The van der Waals surface area contributed by atoms with Crippen LogP contribution in [0.4, 0.5) is 0 Å². The maximum atomic E-state index is 12.8. The Bertz CT molecular complexity index is 1260. The van der Waals surface area contributed by atoms with Crippen molar-refractivity contribution in [3.05, 3.63) is 72.9 Å². The van der Waals surface area contributed by atoms with Crippen LogP contribution in [-0.4, -0.2) is 37.2 Å². The molecule has 0 aliphatic rings. The van der Waals surface area contributed by atoms with Crippen LogP contribution in [0.5, 0.6) is 0 Å². The number of hydrogen-bond acceptors (Lipinski definition) is 6. The highest BCUT2D eigenvalue weighted by molar-refractivity contribution is 5.71. The molecule has 1 atom stereocenters. The Labute approximate surface area is 414 Å². The van der Waals surface area contributed by atoms with Crippen molar-refractivity contribution in [1.82, 2.24) is 0 Å². The molecule has 0 fully saturated rings. The first-order chi connectivity index (χ1) is 33.0. The molecule has 386 valence electrons. The lowest BCUT2D eigenvalue weighted by atomic mass is 10.0. The average molecular weight is 936 g/mol. The Morgan fingerprint density at radius 3 is 0.881 bits per heavy atom. The Morgan fingerprint density at radius 1 is 0.299 bits per heavy atom. The lowest BCUT2D eigenvalue weighted by molar-refractivity contribution is -0.167. The largest absolute Gasteiger partial charge is 0.462 e. The SMILES string of the molecule is CCCCC/C=C\C/C=C\C/C=C\C/C=C\CCCCCC(=O)OC[C@H](COC(=O)CCCCCCCCCCCCCCC)OC(=O)CCCCCCCCC/C=C\C/C=C\CCCCC. The molecule has 0 saturated heterocycles. The molecule has 0 aromatic heterocycles. The van der Waals surface area contributed by atoms with E-state index in [1.165, 1.54) is 141 Å². The molecule has 0 aliphatic heterocycles. The second-order valence-corrected chi connectivity index (χ2v) is 18.8. The Morgan fingerprint density at radius 2 is 0.537 bits per heavy atom. The van der Waals surface area contributed by atoms with E-state index >= 15 is 0 Å². The molecular weight excluding hydrogens is 829 g/mol. The normalized spacial score (nSPS) is 12.6. The third-order valence-electron chi connectivity index (χ3n) is 12.2. The molecule has 0 aromatic carbocycles. The lowest BCUT2D eigenvalue weighted by Crippen LogP contribution is -2.30. The molecule has 0 rings (SSSR count). The summed E-state index contributed by atoms with van der Waals surface area (Å²) in [6.45, 7) is 6.57. The summed E-state index contributed by atoms with van der Waals surface area (Å²) in [6, 6.07) is 0. The molecule has 0 unspecified atom stereocenters. The van der Waals surface area contributed by atoms with Crippen LogP contribution < -0.4 is 0 Å². The van der Waals surface area contributed by atoms with Gasteiger partial charge in [0.1, 0.15) is 13.2 Å². The van der Waals surface area contributed by atoms with Gasteiger partial charge < -0.3 is 14.2 Å². The summed E-state index contributed by atoms with van der Waals surface area (Å²) < 4.78 is 16.8. The predicted molar refractivity (Wildman–Crippen MR) is 288 cm³/mol. The maximum absolute atomic E-state index is 12.8. The summed E-state index contributed by atoms with van der Waals surface area (Å²) in [5.41, 5.74) is 0. The zero-order valence-corrected chi connectivity index (χ0v) is 44.2. The Kier molecular flexibility index (Phi) is 52.8. The van der Waals surface area contributed by atoms with E-state index in [4.69, 9.17) is 14.2 Å². The minimum Gasteiger partial charge on any atom is -0.462 e. The first-order valence-corrected chi connectivity index (χ1v) is 28.4. The zero-order valence-electron chi connectivity index (χ0n) is 44.2. The van der Waals surface area contributed by atoms with E-state index in [0.717, 1.165) is 96.3 Å². The summed E-state index contributed by atoms with van der Waals surface area (Å²) in [6.07, 6.45) is 70.2. The molecule has 6 nitrogen and oxygen atoms in total. The predicted octanol–water partition coefficient (Wildman–Crippen LogP) is 19.0. The Hall–Kier alpha value is -3.15. The first-order valence-electron chi connectivity index (χ1n) is 28.4. The molecule has 0 aromatic rings. The molecule has 0 radical (unpaired) electrons. The van der Waals surface area contributed by atoms with E-state index in [0.29, 0.717) is 19.3 Å². The number of carbonyl (C=O) groups is 3. The van der Waals surface area contributed by atoms with Crippen LogP contribution >= 0.6 is 0 Å². The van der Waals surface area contributed by atoms with Crippen molar-refractivity contribution in [1.29, 1.82) is 0 Å². The monoisotopic (exact) mass is 935 g/mol. The molecule has 0 spiro atoms. The molecule has 0 amide bonds. The van der Waals surface area contributed by atoms with Crippen molar-refractivity contribution in [3.8, 4) is 0 Å². The summed E-state index contributed by atoms with van der Waals surface area (Å²) in [5.74, 6) is -0.919. The van der Waals surface area contributed by atoms with E-state index in [1.54, 1.807) is 0 Å². The van der Waals surface area contributed by atoms with Gasteiger partial charge in [0.2, 0.25) is 0 Å². The van der Waals surface area contributed by atoms with Gasteiger partial charge in [0.05, 0.1) is 0 Å². The number of carbonyl (C=O) groups excluding carboxylic acids is 3. The van der Waals surface area contributed by atoms with Gasteiger partial charge in [0.25, 0.3) is 0 Å². The van der Waals surface area contributed by atoms with Crippen molar-refractivity contribution in [3.63, 3.8) is 0 Å². The average Bonchev–Trinajstić information content (AvgIpc) is 3.33. The van der Waals surface area contributed by atoms with Crippen LogP contribution in [0.1, 0.15) is 278 Å². The van der Waals surface area contributed by atoms with Crippen molar-refractivity contribution in [2.24, 2.45) is 0 Å². The molecule has 0 bridgehead atoms. The zero-order chi connectivity index (χ0) is 48.6. The number of hydrogen-bond donors (Lipinski definition) is 0. The minimum absolute atomic E-state index is 0.0870. The van der Waals surface area contributed by atoms with Gasteiger partial charge in [-0.2, -0.15) is 0 Å². The van der Waals surface area contributed by atoms with Gasteiger partial charge in [-0.1, -0.05) is 235 Å². The molecule has 6 heteroatoms. The van der Waals surface area contributed by atoms with Crippen LogP contribution in [-0.2, 0) is 28.6 Å². The molecular formula is C61H106O6. The summed E-state index contributed by atoms with van der Waals surface area (Å²) in [4.78, 5) is 38.1. The van der Waals surface area contributed by atoms with Crippen molar-refractivity contribution < 1.29 is 28.6 Å². The fourth-order valence-corrected chi connectivity index (χ4v) is 7.87. The van der Waals surface area contributed by atoms with E-state index in [1.807, 2.05) is 0 Å². The number of unbranched alkanes of at least 4 members (excludes halogenated alkanes) is 28. The summed E-state index contributed by atoms with van der Waals surface area (Å²) in [7, 11) is 0. The van der Waals surface area contributed by atoms with Crippen LogP contribution in [0.15, 0.2) is 72.9 Å². The van der Waals surface area contributed by atoms with Gasteiger partial charge in [-0.15, -0.1) is 0 Å².